The molecule has 0 radical (unpaired) electrons. The Hall–Kier alpha value is -3.06. The first-order valence-electron chi connectivity index (χ1n) is 9.17. The van der Waals surface area contributed by atoms with Crippen molar-refractivity contribution in [3.63, 3.8) is 0 Å². The Morgan fingerprint density at radius 3 is 2.61 bits per heavy atom. The number of carbonyl (C=O) groups excluding carboxylic acids is 2. The van der Waals surface area contributed by atoms with Gasteiger partial charge in [-0.1, -0.05) is 12.1 Å². The maximum atomic E-state index is 13.3. The molecule has 0 saturated carbocycles. The van der Waals surface area contributed by atoms with E-state index < -0.39 is 6.04 Å². The van der Waals surface area contributed by atoms with Crippen molar-refractivity contribution in [2.75, 3.05) is 56.4 Å². The Balaban J connectivity index is 2.01. The summed E-state index contributed by atoms with van der Waals surface area (Å²) >= 11 is 0. The maximum absolute atomic E-state index is 13.3. The zero-order valence-electron chi connectivity index (χ0n) is 16.5. The van der Waals surface area contributed by atoms with Crippen molar-refractivity contribution in [2.45, 2.75) is 6.04 Å². The van der Waals surface area contributed by atoms with Gasteiger partial charge >= 0.3 is 0 Å². The minimum atomic E-state index is -0.425. The van der Waals surface area contributed by atoms with E-state index in [0.717, 1.165) is 24.2 Å². The Kier molecular flexibility index (Phi) is 5.84. The number of nitrogens with two attached hydrogens (primary N) is 1. The molecule has 1 aliphatic rings. The minimum absolute atomic E-state index is 0.247. The van der Waals surface area contributed by atoms with E-state index in [0.29, 0.717) is 23.5 Å². The topological polar surface area (TPSA) is 79.1 Å². The first-order chi connectivity index (χ1) is 13.5. The standard InChI is InChI=1S/C21H26N4O3/c1-23(2)10-11-24-15(14-26)13-25(20-7-5-4-6-19(20)24)21(27)17-12-16(28-3)8-9-18(17)22/h4-9,12,14-15H,10-11,13,22H2,1-3H3. The van der Waals surface area contributed by atoms with Crippen molar-refractivity contribution in [3.8, 4) is 5.75 Å². The van der Waals surface area contributed by atoms with Crippen molar-refractivity contribution >= 4 is 29.3 Å². The van der Waals surface area contributed by atoms with Gasteiger partial charge in [0.25, 0.3) is 5.91 Å². The van der Waals surface area contributed by atoms with Crippen molar-refractivity contribution in [1.82, 2.24) is 4.90 Å². The van der Waals surface area contributed by atoms with E-state index in [1.807, 2.05) is 38.4 Å². The lowest BCUT2D eigenvalue weighted by Crippen LogP contribution is -2.53. The number of anilines is 3. The fraction of sp³-hybridized carbons (Fsp3) is 0.333. The number of amides is 1. The molecule has 0 aromatic heterocycles. The van der Waals surface area contributed by atoms with Gasteiger partial charge in [0, 0.05) is 18.8 Å². The van der Waals surface area contributed by atoms with Crippen LogP contribution >= 0.6 is 0 Å². The van der Waals surface area contributed by atoms with E-state index in [-0.39, 0.29) is 12.5 Å². The van der Waals surface area contributed by atoms with Gasteiger partial charge in [-0.05, 0) is 44.4 Å². The van der Waals surface area contributed by atoms with E-state index >= 15 is 0 Å². The summed E-state index contributed by atoms with van der Waals surface area (Å²) in [7, 11) is 5.53. The molecule has 0 aliphatic carbocycles. The maximum Gasteiger partial charge on any atom is 0.260 e. The van der Waals surface area contributed by atoms with Crippen molar-refractivity contribution < 1.29 is 14.3 Å². The number of fused-ring (bicyclic) bond motifs is 1. The lowest BCUT2D eigenvalue weighted by Gasteiger charge is -2.42. The fourth-order valence-electron chi connectivity index (χ4n) is 3.39. The summed E-state index contributed by atoms with van der Waals surface area (Å²) in [5, 5.41) is 0. The molecule has 2 N–H and O–H groups in total. The Morgan fingerprint density at radius 1 is 1.25 bits per heavy atom. The zero-order valence-corrected chi connectivity index (χ0v) is 16.5. The molecule has 0 bridgehead atoms. The molecular weight excluding hydrogens is 356 g/mol. The summed E-state index contributed by atoms with van der Waals surface area (Å²) in [6.07, 6.45) is 0.904. The average molecular weight is 382 g/mol. The monoisotopic (exact) mass is 382 g/mol. The molecule has 0 saturated heterocycles. The van der Waals surface area contributed by atoms with Gasteiger partial charge in [-0.2, -0.15) is 0 Å². The molecule has 1 heterocycles. The first kappa shape index (κ1) is 19.7. The third kappa shape index (κ3) is 3.80. The number of hydrogen-bond acceptors (Lipinski definition) is 6. The van der Waals surface area contributed by atoms with Crippen molar-refractivity contribution in [2.24, 2.45) is 0 Å². The lowest BCUT2D eigenvalue weighted by atomic mass is 10.0. The number of methoxy groups -OCH3 is 1. The van der Waals surface area contributed by atoms with Gasteiger partial charge in [0.1, 0.15) is 18.1 Å². The zero-order chi connectivity index (χ0) is 20.3. The highest BCUT2D eigenvalue weighted by atomic mass is 16.5. The average Bonchev–Trinajstić information content (AvgIpc) is 2.71. The SMILES string of the molecule is COc1ccc(N)c(C(=O)N2CC(C=O)N(CCN(C)C)c3ccccc32)c1. The van der Waals surface area contributed by atoms with Crippen LogP contribution in [0.1, 0.15) is 10.4 Å². The molecule has 148 valence electrons. The van der Waals surface area contributed by atoms with Crippen LogP contribution in [0.4, 0.5) is 17.1 Å². The highest BCUT2D eigenvalue weighted by molar-refractivity contribution is 6.12. The van der Waals surface area contributed by atoms with Gasteiger partial charge in [-0.25, -0.2) is 0 Å². The quantitative estimate of drug-likeness (QED) is 0.607. The van der Waals surface area contributed by atoms with Crippen LogP contribution in [-0.4, -0.2) is 64.0 Å². The molecule has 3 rings (SSSR count). The van der Waals surface area contributed by atoms with Crippen LogP contribution in [0.3, 0.4) is 0 Å². The van der Waals surface area contributed by atoms with Gasteiger partial charge in [0.05, 0.1) is 30.6 Å². The predicted octanol–water partition coefficient (Wildman–Crippen LogP) is 1.87. The molecule has 0 fully saturated rings. The Bertz CT molecular complexity index is 868. The van der Waals surface area contributed by atoms with Crippen molar-refractivity contribution in [1.29, 1.82) is 0 Å². The molecule has 1 atom stereocenters. The fourth-order valence-corrected chi connectivity index (χ4v) is 3.39. The van der Waals surface area contributed by atoms with E-state index in [4.69, 9.17) is 10.5 Å². The van der Waals surface area contributed by atoms with Crippen LogP contribution in [0.15, 0.2) is 42.5 Å². The molecule has 0 spiro atoms. The van der Waals surface area contributed by atoms with E-state index in [9.17, 15) is 9.59 Å². The van der Waals surface area contributed by atoms with E-state index in [1.165, 1.54) is 0 Å². The smallest absolute Gasteiger partial charge is 0.260 e. The molecule has 2 aromatic rings. The number of aldehydes is 1. The number of para-hydroxylation sites is 2. The third-order valence-electron chi connectivity index (χ3n) is 4.93. The lowest BCUT2D eigenvalue weighted by molar-refractivity contribution is -0.108. The third-order valence-corrected chi connectivity index (χ3v) is 4.93. The Labute approximate surface area is 165 Å². The number of hydrogen-bond donors (Lipinski definition) is 1. The molecule has 2 aromatic carbocycles. The first-order valence-corrected chi connectivity index (χ1v) is 9.17. The van der Waals surface area contributed by atoms with Gasteiger partial charge < -0.3 is 30.0 Å². The van der Waals surface area contributed by atoms with Crippen molar-refractivity contribution in [3.05, 3.63) is 48.0 Å². The predicted molar refractivity (Wildman–Crippen MR) is 111 cm³/mol. The van der Waals surface area contributed by atoms with Crippen LogP contribution in [0.2, 0.25) is 0 Å². The summed E-state index contributed by atoms with van der Waals surface area (Å²) in [5.74, 6) is 0.311. The van der Waals surface area contributed by atoms with Gasteiger partial charge in [-0.3, -0.25) is 4.79 Å². The van der Waals surface area contributed by atoms with Crippen LogP contribution in [0, 0.1) is 0 Å². The van der Waals surface area contributed by atoms with Crippen LogP contribution in [-0.2, 0) is 4.79 Å². The number of benzene rings is 2. The van der Waals surface area contributed by atoms with Crippen LogP contribution in [0.5, 0.6) is 5.75 Å². The summed E-state index contributed by atoms with van der Waals surface area (Å²) in [5.41, 5.74) is 8.43. The molecule has 7 nitrogen and oxygen atoms in total. The summed E-state index contributed by atoms with van der Waals surface area (Å²) in [4.78, 5) is 30.9. The largest absolute Gasteiger partial charge is 0.497 e. The molecule has 1 aliphatic heterocycles. The summed E-state index contributed by atoms with van der Waals surface area (Å²) in [6.45, 7) is 1.76. The highest BCUT2D eigenvalue weighted by Gasteiger charge is 2.34. The Morgan fingerprint density at radius 2 is 1.96 bits per heavy atom. The van der Waals surface area contributed by atoms with E-state index in [2.05, 4.69) is 9.80 Å². The van der Waals surface area contributed by atoms with Gasteiger partial charge in [-0.15, -0.1) is 0 Å². The van der Waals surface area contributed by atoms with Gasteiger partial charge in [0.2, 0.25) is 0 Å². The summed E-state index contributed by atoms with van der Waals surface area (Å²) in [6, 6.07) is 12.2. The molecule has 28 heavy (non-hydrogen) atoms. The van der Waals surface area contributed by atoms with Gasteiger partial charge in [0.15, 0.2) is 0 Å². The number of ether oxygens (including phenoxy) is 1. The second-order valence-electron chi connectivity index (χ2n) is 7.06. The molecular formula is C21H26N4O3. The van der Waals surface area contributed by atoms with Crippen LogP contribution in [0.25, 0.3) is 0 Å². The molecule has 1 unspecified atom stereocenters. The normalized spacial score (nSPS) is 16.1. The van der Waals surface area contributed by atoms with E-state index in [1.54, 1.807) is 30.2 Å². The molecule has 7 heteroatoms. The number of rotatable bonds is 6. The second-order valence-corrected chi connectivity index (χ2v) is 7.06. The number of nitrogen functional groups attached to an aromatic ring is 1. The second kappa shape index (κ2) is 8.31. The highest BCUT2D eigenvalue weighted by Crippen LogP contribution is 2.36. The number of likely N-dealkylation sites (N-methyl/N-ethyl adjacent to an activating group) is 1. The van der Waals surface area contributed by atoms with Crippen LogP contribution < -0.4 is 20.3 Å². The number of carbonyl (C=O) groups is 2. The minimum Gasteiger partial charge on any atom is -0.497 e. The number of nitrogens with zero attached hydrogens (tertiary/aromatic N) is 3. The molecule has 1 amide bonds. The summed E-state index contributed by atoms with van der Waals surface area (Å²) < 4.78 is 5.24.